The van der Waals surface area contributed by atoms with Crippen molar-refractivity contribution in [3.05, 3.63) is 41.7 Å². The summed E-state index contributed by atoms with van der Waals surface area (Å²) in [5.74, 6) is -1.60. The molecule has 0 saturated carbocycles. The van der Waals surface area contributed by atoms with Crippen LogP contribution < -0.4 is 0 Å². The van der Waals surface area contributed by atoms with E-state index in [1.54, 1.807) is 19.1 Å². The Morgan fingerprint density at radius 3 is 2.65 bits per heavy atom. The van der Waals surface area contributed by atoms with Gasteiger partial charge in [-0.25, -0.2) is 4.79 Å². The Bertz CT molecular complexity index is 744. The van der Waals surface area contributed by atoms with Crippen molar-refractivity contribution in [3.8, 4) is 5.69 Å². The van der Waals surface area contributed by atoms with Crippen molar-refractivity contribution in [2.75, 3.05) is 6.61 Å². The largest absolute Gasteiger partial charge is 0.478 e. The van der Waals surface area contributed by atoms with Crippen LogP contribution in [0.4, 0.5) is 0 Å². The topological polar surface area (TPSA) is 97.5 Å². The van der Waals surface area contributed by atoms with Crippen LogP contribution in [0.25, 0.3) is 5.69 Å². The minimum Gasteiger partial charge on any atom is -0.478 e. The minimum absolute atomic E-state index is 0.184. The molecule has 8 heteroatoms. The maximum atomic E-state index is 13.0. The van der Waals surface area contributed by atoms with Gasteiger partial charge in [-0.1, -0.05) is 11.6 Å². The van der Waals surface area contributed by atoms with E-state index in [-0.39, 0.29) is 12.6 Å². The van der Waals surface area contributed by atoms with Crippen molar-refractivity contribution < 1.29 is 19.4 Å². The lowest BCUT2D eigenvalue weighted by Gasteiger charge is -2.24. The average Bonchev–Trinajstić information content (AvgIpc) is 3.16. The molecule has 1 fully saturated rings. The Balaban J connectivity index is 2.05. The van der Waals surface area contributed by atoms with Crippen LogP contribution >= 0.6 is 0 Å². The number of hydrogen-bond donors (Lipinski definition) is 1. The van der Waals surface area contributed by atoms with Gasteiger partial charge < -0.3 is 9.84 Å². The second-order valence-electron chi connectivity index (χ2n) is 5.42. The van der Waals surface area contributed by atoms with E-state index in [4.69, 9.17) is 4.74 Å². The first kappa shape index (κ1) is 15.2. The fourth-order valence-electron chi connectivity index (χ4n) is 2.59. The van der Waals surface area contributed by atoms with Gasteiger partial charge in [-0.3, -0.25) is 9.69 Å². The summed E-state index contributed by atoms with van der Waals surface area (Å²) in [7, 11) is 0. The van der Waals surface area contributed by atoms with Gasteiger partial charge >= 0.3 is 5.97 Å². The summed E-state index contributed by atoms with van der Waals surface area (Å²) >= 11 is 0. The van der Waals surface area contributed by atoms with Gasteiger partial charge in [-0.05, 0) is 26.0 Å². The second kappa shape index (κ2) is 5.81. The van der Waals surface area contributed by atoms with Crippen molar-refractivity contribution >= 4 is 11.9 Å². The SMILES string of the molecule is Cc1ccc(-n2nccn2)c(C(=O)N2[C@@H](C)CO[C@H]2C(=O)O)c1. The molecule has 1 aliphatic rings. The third kappa shape index (κ3) is 2.68. The minimum atomic E-state index is -1.28. The third-order valence-electron chi connectivity index (χ3n) is 3.69. The van der Waals surface area contributed by atoms with Crippen LogP contribution in [-0.2, 0) is 9.53 Å². The number of nitrogens with zero attached hydrogens (tertiary/aromatic N) is 4. The fraction of sp³-hybridized carbons (Fsp3) is 0.333. The van der Waals surface area contributed by atoms with Crippen molar-refractivity contribution in [3.63, 3.8) is 0 Å². The summed E-state index contributed by atoms with van der Waals surface area (Å²) in [5, 5.41) is 17.3. The van der Waals surface area contributed by atoms with E-state index >= 15 is 0 Å². The van der Waals surface area contributed by atoms with Gasteiger partial charge in [0.1, 0.15) is 0 Å². The number of amides is 1. The first-order valence-electron chi connectivity index (χ1n) is 7.13. The molecule has 1 aromatic heterocycles. The Morgan fingerprint density at radius 1 is 1.30 bits per heavy atom. The molecule has 2 aromatic rings. The second-order valence-corrected chi connectivity index (χ2v) is 5.42. The smallest absolute Gasteiger partial charge is 0.354 e. The van der Waals surface area contributed by atoms with Crippen LogP contribution in [0.15, 0.2) is 30.6 Å². The number of rotatable bonds is 3. The summed E-state index contributed by atoms with van der Waals surface area (Å²) in [5.41, 5.74) is 1.71. The number of ether oxygens (including phenoxy) is 1. The van der Waals surface area contributed by atoms with Crippen LogP contribution in [0.3, 0.4) is 0 Å². The predicted octanol–water partition coefficient (Wildman–Crippen LogP) is 0.847. The van der Waals surface area contributed by atoms with Crippen molar-refractivity contribution in [2.24, 2.45) is 0 Å². The Labute approximate surface area is 132 Å². The third-order valence-corrected chi connectivity index (χ3v) is 3.69. The van der Waals surface area contributed by atoms with Crippen LogP contribution in [0.2, 0.25) is 0 Å². The highest BCUT2D eigenvalue weighted by molar-refractivity contribution is 6.00. The summed E-state index contributed by atoms with van der Waals surface area (Å²) in [4.78, 5) is 26.9. The highest BCUT2D eigenvalue weighted by atomic mass is 16.5. The lowest BCUT2D eigenvalue weighted by molar-refractivity contribution is -0.153. The standard InChI is InChI=1S/C15H16N4O4/c1-9-3-4-12(19-16-5-6-17-19)11(7-9)13(20)18-10(2)8-23-14(18)15(21)22/h3-7,10,14H,8H2,1-2H3,(H,21,22)/t10-,14-/m0/s1. The van der Waals surface area contributed by atoms with Crippen molar-refractivity contribution in [1.82, 2.24) is 19.9 Å². The van der Waals surface area contributed by atoms with Crippen LogP contribution in [0.1, 0.15) is 22.8 Å². The zero-order chi connectivity index (χ0) is 16.6. The summed E-state index contributed by atoms with van der Waals surface area (Å²) in [6, 6.07) is 4.95. The maximum Gasteiger partial charge on any atom is 0.354 e. The van der Waals surface area contributed by atoms with Gasteiger partial charge in [0.05, 0.1) is 36.3 Å². The zero-order valence-electron chi connectivity index (χ0n) is 12.7. The maximum absolute atomic E-state index is 13.0. The first-order valence-corrected chi connectivity index (χ1v) is 7.13. The summed E-state index contributed by atoms with van der Waals surface area (Å²) in [6.45, 7) is 3.79. The molecule has 8 nitrogen and oxygen atoms in total. The van der Waals surface area contributed by atoms with Crippen molar-refractivity contribution in [2.45, 2.75) is 26.1 Å². The number of carboxylic acid groups (broad SMARTS) is 1. The van der Waals surface area contributed by atoms with Gasteiger partial charge in [-0.2, -0.15) is 15.0 Å². The van der Waals surface area contributed by atoms with Crippen molar-refractivity contribution in [1.29, 1.82) is 0 Å². The Kier molecular flexibility index (Phi) is 3.83. The van der Waals surface area contributed by atoms with Crippen LogP contribution in [0.5, 0.6) is 0 Å². The van der Waals surface area contributed by atoms with Gasteiger partial charge in [0.25, 0.3) is 5.91 Å². The molecule has 1 aliphatic heterocycles. The Morgan fingerprint density at radius 2 is 2.00 bits per heavy atom. The quantitative estimate of drug-likeness (QED) is 0.901. The van der Waals surface area contributed by atoms with E-state index in [1.807, 2.05) is 13.0 Å². The van der Waals surface area contributed by atoms with E-state index in [1.165, 1.54) is 22.1 Å². The van der Waals surface area contributed by atoms with E-state index in [9.17, 15) is 14.7 Å². The van der Waals surface area contributed by atoms with E-state index < -0.39 is 18.1 Å². The fourth-order valence-corrected chi connectivity index (χ4v) is 2.59. The molecule has 2 atom stereocenters. The van der Waals surface area contributed by atoms with Gasteiger partial charge in [0.2, 0.25) is 6.23 Å². The Hall–Kier alpha value is -2.74. The summed E-state index contributed by atoms with van der Waals surface area (Å²) < 4.78 is 5.21. The van der Waals surface area contributed by atoms with E-state index in [2.05, 4.69) is 10.2 Å². The molecular weight excluding hydrogens is 300 g/mol. The molecule has 1 N–H and O–H groups in total. The highest BCUT2D eigenvalue weighted by Gasteiger charge is 2.41. The monoisotopic (exact) mass is 316 g/mol. The number of aryl methyl sites for hydroxylation is 1. The van der Waals surface area contributed by atoms with Crippen LogP contribution in [-0.4, -0.2) is 55.8 Å². The number of carbonyl (C=O) groups excluding carboxylic acids is 1. The lowest BCUT2D eigenvalue weighted by Crippen LogP contribution is -2.45. The number of carbonyl (C=O) groups is 2. The van der Waals surface area contributed by atoms with Crippen LogP contribution in [0, 0.1) is 6.92 Å². The number of carboxylic acids is 1. The van der Waals surface area contributed by atoms with Gasteiger partial charge in [0, 0.05) is 0 Å². The zero-order valence-corrected chi connectivity index (χ0v) is 12.7. The molecule has 0 aliphatic carbocycles. The molecule has 3 rings (SSSR count). The number of hydrogen-bond acceptors (Lipinski definition) is 5. The lowest BCUT2D eigenvalue weighted by atomic mass is 10.1. The molecule has 23 heavy (non-hydrogen) atoms. The normalized spacial score (nSPS) is 20.7. The molecule has 0 bridgehead atoms. The summed E-state index contributed by atoms with van der Waals surface area (Å²) in [6.07, 6.45) is 1.74. The molecule has 0 unspecified atom stereocenters. The molecule has 0 spiro atoms. The van der Waals surface area contributed by atoms with E-state index in [0.717, 1.165) is 5.56 Å². The average molecular weight is 316 g/mol. The molecule has 0 radical (unpaired) electrons. The molecule has 1 aromatic carbocycles. The van der Waals surface area contributed by atoms with Gasteiger partial charge in [0.15, 0.2) is 0 Å². The van der Waals surface area contributed by atoms with Gasteiger partial charge in [-0.15, -0.1) is 0 Å². The number of aromatic nitrogens is 3. The number of benzene rings is 1. The predicted molar refractivity (Wildman–Crippen MR) is 79.1 cm³/mol. The molecule has 1 amide bonds. The van der Waals surface area contributed by atoms with E-state index in [0.29, 0.717) is 11.3 Å². The molecular formula is C15H16N4O4. The molecule has 120 valence electrons. The molecule has 2 heterocycles. The number of aliphatic carboxylic acids is 1. The molecule has 1 saturated heterocycles. The highest BCUT2D eigenvalue weighted by Crippen LogP contribution is 2.24. The first-order chi connectivity index (χ1) is 11.0.